The van der Waals surface area contributed by atoms with Crippen molar-refractivity contribution < 1.29 is 18.0 Å². The van der Waals surface area contributed by atoms with Gasteiger partial charge in [0.25, 0.3) is 5.91 Å². The molecule has 1 saturated heterocycles. The van der Waals surface area contributed by atoms with Gasteiger partial charge >= 0.3 is 6.18 Å². The van der Waals surface area contributed by atoms with Gasteiger partial charge in [-0.2, -0.15) is 18.3 Å². The first-order valence-corrected chi connectivity index (χ1v) is 7.77. The smallest absolute Gasteiger partial charge is 0.350 e. The van der Waals surface area contributed by atoms with E-state index in [1.165, 1.54) is 11.6 Å². The van der Waals surface area contributed by atoms with Crippen molar-refractivity contribution in [2.24, 2.45) is 0 Å². The lowest BCUT2D eigenvalue weighted by molar-refractivity contribution is -0.142. The molecule has 1 aromatic rings. The Hall–Kier alpha value is -1.57. The molecule has 8 heteroatoms. The van der Waals surface area contributed by atoms with Crippen LogP contribution in [0.4, 0.5) is 13.2 Å². The van der Waals surface area contributed by atoms with Gasteiger partial charge in [0.1, 0.15) is 0 Å². The zero-order valence-corrected chi connectivity index (χ0v) is 13.9. The Labute approximate surface area is 133 Å². The molecule has 1 aliphatic rings. The fourth-order valence-corrected chi connectivity index (χ4v) is 3.02. The topological polar surface area (TPSA) is 50.2 Å². The first kappa shape index (κ1) is 17.8. The van der Waals surface area contributed by atoms with Crippen molar-refractivity contribution in [1.82, 2.24) is 20.0 Å². The van der Waals surface area contributed by atoms with Crippen molar-refractivity contribution in [3.63, 3.8) is 0 Å². The number of nitrogens with one attached hydrogen (secondary N) is 1. The van der Waals surface area contributed by atoms with E-state index in [1.807, 2.05) is 7.05 Å². The van der Waals surface area contributed by atoms with Gasteiger partial charge in [0.05, 0.1) is 11.6 Å². The SMILES string of the molecule is Cc1c(C(=O)NC(C)C)c(C(F)(F)F)nn1C1CCCN(C)C1. The van der Waals surface area contributed by atoms with Gasteiger partial charge in [-0.05, 0) is 47.2 Å². The van der Waals surface area contributed by atoms with Crippen molar-refractivity contribution in [3.8, 4) is 0 Å². The maximum absolute atomic E-state index is 13.3. The number of hydrogen-bond donors (Lipinski definition) is 1. The number of likely N-dealkylation sites (tertiary alicyclic amines) is 1. The molecule has 2 heterocycles. The molecule has 1 unspecified atom stereocenters. The molecular weight excluding hydrogens is 309 g/mol. The fourth-order valence-electron chi connectivity index (χ4n) is 3.02. The van der Waals surface area contributed by atoms with E-state index >= 15 is 0 Å². The minimum Gasteiger partial charge on any atom is -0.350 e. The van der Waals surface area contributed by atoms with Crippen LogP contribution >= 0.6 is 0 Å². The number of carbonyl (C=O) groups is 1. The van der Waals surface area contributed by atoms with E-state index in [9.17, 15) is 18.0 Å². The lowest BCUT2D eigenvalue weighted by Gasteiger charge is -2.30. The zero-order chi connectivity index (χ0) is 17.4. The molecule has 23 heavy (non-hydrogen) atoms. The lowest BCUT2D eigenvalue weighted by Crippen LogP contribution is -2.34. The van der Waals surface area contributed by atoms with Gasteiger partial charge in [-0.15, -0.1) is 0 Å². The number of halogens is 3. The second kappa shape index (κ2) is 6.51. The molecule has 1 aliphatic heterocycles. The average Bonchev–Trinajstić information content (AvgIpc) is 2.75. The molecule has 0 bridgehead atoms. The van der Waals surface area contributed by atoms with Crippen LogP contribution in [0.3, 0.4) is 0 Å². The number of aromatic nitrogens is 2. The summed E-state index contributed by atoms with van der Waals surface area (Å²) in [5.74, 6) is -0.722. The molecule has 1 aromatic heterocycles. The van der Waals surface area contributed by atoms with Crippen LogP contribution in [-0.2, 0) is 6.18 Å². The number of amides is 1. The van der Waals surface area contributed by atoms with E-state index in [0.29, 0.717) is 6.54 Å². The second-order valence-electron chi connectivity index (χ2n) is 6.44. The molecule has 0 aliphatic carbocycles. The maximum Gasteiger partial charge on any atom is 0.435 e. The summed E-state index contributed by atoms with van der Waals surface area (Å²) >= 11 is 0. The lowest BCUT2D eigenvalue weighted by atomic mass is 10.1. The summed E-state index contributed by atoms with van der Waals surface area (Å²) in [4.78, 5) is 14.3. The van der Waals surface area contributed by atoms with E-state index < -0.39 is 17.8 Å². The number of carbonyl (C=O) groups excluding carboxylic acids is 1. The van der Waals surface area contributed by atoms with E-state index in [-0.39, 0.29) is 23.3 Å². The predicted octanol–water partition coefficient (Wildman–Crippen LogP) is 2.62. The van der Waals surface area contributed by atoms with E-state index in [2.05, 4.69) is 15.3 Å². The van der Waals surface area contributed by atoms with E-state index in [4.69, 9.17) is 0 Å². The van der Waals surface area contributed by atoms with Gasteiger partial charge in [0, 0.05) is 18.3 Å². The molecule has 1 N–H and O–H groups in total. The molecule has 2 rings (SSSR count). The van der Waals surface area contributed by atoms with E-state index in [1.54, 1.807) is 13.8 Å². The molecule has 0 radical (unpaired) electrons. The highest BCUT2D eigenvalue weighted by atomic mass is 19.4. The van der Waals surface area contributed by atoms with Gasteiger partial charge in [-0.1, -0.05) is 0 Å². The van der Waals surface area contributed by atoms with Gasteiger partial charge < -0.3 is 10.2 Å². The minimum atomic E-state index is -4.65. The molecule has 0 aromatic carbocycles. The number of likely N-dealkylation sites (N-methyl/N-ethyl adjacent to an activating group) is 1. The Morgan fingerprint density at radius 1 is 1.39 bits per heavy atom. The minimum absolute atomic E-state index is 0.143. The Bertz CT molecular complexity index is 580. The summed E-state index contributed by atoms with van der Waals surface area (Å²) in [6.07, 6.45) is -3.00. The van der Waals surface area contributed by atoms with Crippen LogP contribution in [0.2, 0.25) is 0 Å². The van der Waals surface area contributed by atoms with Crippen molar-refractivity contribution in [1.29, 1.82) is 0 Å². The van der Waals surface area contributed by atoms with Crippen LogP contribution in [-0.4, -0.2) is 46.8 Å². The normalized spacial score (nSPS) is 20.1. The molecule has 130 valence electrons. The molecule has 0 spiro atoms. The maximum atomic E-state index is 13.3. The largest absolute Gasteiger partial charge is 0.435 e. The highest BCUT2D eigenvalue weighted by Crippen LogP contribution is 2.34. The average molecular weight is 332 g/mol. The predicted molar refractivity (Wildman–Crippen MR) is 80.3 cm³/mol. The first-order chi connectivity index (χ1) is 10.6. The van der Waals surface area contributed by atoms with Crippen LogP contribution in [0.15, 0.2) is 0 Å². The third kappa shape index (κ3) is 3.85. The molecule has 5 nitrogen and oxygen atoms in total. The van der Waals surface area contributed by atoms with Gasteiger partial charge in [-0.25, -0.2) is 0 Å². The summed E-state index contributed by atoms with van der Waals surface area (Å²) in [5, 5.41) is 6.31. The van der Waals surface area contributed by atoms with Crippen molar-refractivity contribution in [2.45, 2.75) is 51.9 Å². The van der Waals surface area contributed by atoms with Gasteiger partial charge in [0.2, 0.25) is 0 Å². The van der Waals surface area contributed by atoms with E-state index in [0.717, 1.165) is 19.4 Å². The molecule has 1 fully saturated rings. The van der Waals surface area contributed by atoms with Gasteiger partial charge in [-0.3, -0.25) is 9.48 Å². The van der Waals surface area contributed by atoms with Crippen LogP contribution in [0.5, 0.6) is 0 Å². The number of hydrogen-bond acceptors (Lipinski definition) is 3. The summed E-state index contributed by atoms with van der Waals surface area (Å²) in [6.45, 7) is 6.50. The monoisotopic (exact) mass is 332 g/mol. The van der Waals surface area contributed by atoms with Crippen LogP contribution in [0.1, 0.15) is 54.5 Å². The Morgan fingerprint density at radius 2 is 2.04 bits per heavy atom. The molecule has 1 atom stereocenters. The number of alkyl halides is 3. The quantitative estimate of drug-likeness (QED) is 0.926. The van der Waals surface area contributed by atoms with Crippen LogP contribution in [0.25, 0.3) is 0 Å². The fraction of sp³-hybridized carbons (Fsp3) is 0.733. The van der Waals surface area contributed by atoms with Crippen LogP contribution < -0.4 is 5.32 Å². The summed E-state index contributed by atoms with van der Waals surface area (Å²) < 4.78 is 41.3. The zero-order valence-electron chi connectivity index (χ0n) is 13.9. The first-order valence-electron chi connectivity index (χ1n) is 7.77. The summed E-state index contributed by atoms with van der Waals surface area (Å²) in [5.41, 5.74) is -1.18. The number of piperidine rings is 1. The number of rotatable bonds is 3. The van der Waals surface area contributed by atoms with Crippen LogP contribution in [0, 0.1) is 6.92 Å². The number of nitrogens with zero attached hydrogens (tertiary/aromatic N) is 3. The Morgan fingerprint density at radius 3 is 2.57 bits per heavy atom. The molecular formula is C15H23F3N4O. The second-order valence-corrected chi connectivity index (χ2v) is 6.44. The highest BCUT2D eigenvalue weighted by molar-refractivity contribution is 5.96. The molecule has 0 saturated carbocycles. The van der Waals surface area contributed by atoms with Crippen molar-refractivity contribution in [2.75, 3.05) is 20.1 Å². The summed E-state index contributed by atoms with van der Waals surface area (Å²) in [7, 11) is 1.93. The van der Waals surface area contributed by atoms with Crippen molar-refractivity contribution in [3.05, 3.63) is 17.0 Å². The van der Waals surface area contributed by atoms with Crippen molar-refractivity contribution >= 4 is 5.91 Å². The third-order valence-electron chi connectivity index (χ3n) is 4.01. The Kier molecular flexibility index (Phi) is 5.03. The van der Waals surface area contributed by atoms with Gasteiger partial charge in [0.15, 0.2) is 5.69 Å². The summed E-state index contributed by atoms with van der Waals surface area (Å²) in [6, 6.07) is -0.386. The highest BCUT2D eigenvalue weighted by Gasteiger charge is 2.41. The standard InChI is InChI=1S/C15H23F3N4O/c1-9(2)19-14(23)12-10(3)22(20-13(12)15(16,17)18)11-6-5-7-21(4)8-11/h9,11H,5-8H2,1-4H3,(H,19,23). The molecule has 1 amide bonds. The Balaban J connectivity index is 2.45. The third-order valence-corrected chi connectivity index (χ3v) is 4.01.